The maximum atomic E-state index is 13.0. The molecule has 0 aliphatic carbocycles. The summed E-state index contributed by atoms with van der Waals surface area (Å²) in [6.07, 6.45) is 5.06. The zero-order valence-electron chi connectivity index (χ0n) is 18.0. The van der Waals surface area contributed by atoms with Crippen LogP contribution < -0.4 is 9.47 Å². The number of benzene rings is 3. The molecule has 33 heavy (non-hydrogen) atoms. The van der Waals surface area contributed by atoms with Crippen molar-refractivity contribution < 1.29 is 14.3 Å². The number of allylic oxidation sites excluding steroid dienone is 1. The quantitative estimate of drug-likeness (QED) is 0.217. The summed E-state index contributed by atoms with van der Waals surface area (Å²) in [5.41, 5.74) is 3.38. The highest BCUT2D eigenvalue weighted by Crippen LogP contribution is 2.33. The normalized spacial score (nSPS) is 11.0. The number of ether oxygens (including phenoxy) is 2. The van der Waals surface area contributed by atoms with Gasteiger partial charge in [-0.1, -0.05) is 41.4 Å². The Morgan fingerprint density at radius 2 is 1.76 bits per heavy atom. The molecule has 0 unspecified atom stereocenters. The molecule has 5 nitrogen and oxygen atoms in total. The number of methoxy groups -OCH3 is 2. The molecule has 0 saturated carbocycles. The molecule has 0 N–H and O–H groups in total. The van der Waals surface area contributed by atoms with Crippen molar-refractivity contribution in [2.75, 3.05) is 14.2 Å². The van der Waals surface area contributed by atoms with E-state index in [1.807, 2.05) is 42.6 Å². The summed E-state index contributed by atoms with van der Waals surface area (Å²) in [6, 6.07) is 20.0. The van der Waals surface area contributed by atoms with E-state index in [0.29, 0.717) is 38.4 Å². The molecule has 7 heteroatoms. The fraction of sp³-hybridized carbons (Fsp3) is 0.0769. The first kappa shape index (κ1) is 22.6. The number of nitrogens with zero attached hydrogens (tertiary/aromatic N) is 2. The van der Waals surface area contributed by atoms with E-state index < -0.39 is 0 Å². The Kier molecular flexibility index (Phi) is 6.82. The van der Waals surface area contributed by atoms with Gasteiger partial charge in [-0.25, -0.2) is 4.68 Å². The predicted molar refractivity (Wildman–Crippen MR) is 132 cm³/mol. The third-order valence-electron chi connectivity index (χ3n) is 5.04. The summed E-state index contributed by atoms with van der Waals surface area (Å²) in [5.74, 6) is 0.830. The molecule has 0 fully saturated rings. The number of carbonyl (C=O) groups excluding carboxylic acids is 1. The number of ketones is 1. The maximum Gasteiger partial charge on any atom is 0.189 e. The Hall–Kier alpha value is -3.54. The Morgan fingerprint density at radius 1 is 0.970 bits per heavy atom. The van der Waals surface area contributed by atoms with Crippen molar-refractivity contribution in [2.45, 2.75) is 0 Å². The van der Waals surface area contributed by atoms with Crippen molar-refractivity contribution in [1.29, 1.82) is 0 Å². The second kappa shape index (κ2) is 9.94. The predicted octanol–water partition coefficient (Wildman–Crippen LogP) is 6.76. The average molecular weight is 479 g/mol. The van der Waals surface area contributed by atoms with E-state index in [2.05, 4.69) is 0 Å². The van der Waals surface area contributed by atoms with Gasteiger partial charge in [0.25, 0.3) is 0 Å². The lowest BCUT2D eigenvalue weighted by Crippen LogP contribution is -1.99. The first-order valence-corrected chi connectivity index (χ1v) is 10.8. The minimum atomic E-state index is -0.213. The van der Waals surface area contributed by atoms with Gasteiger partial charge in [0, 0.05) is 28.4 Å². The van der Waals surface area contributed by atoms with E-state index in [4.69, 9.17) is 37.8 Å². The number of hydrogen-bond donors (Lipinski definition) is 0. The summed E-state index contributed by atoms with van der Waals surface area (Å²) < 4.78 is 12.3. The monoisotopic (exact) mass is 478 g/mol. The Labute approximate surface area is 201 Å². The Balaban J connectivity index is 1.75. The molecule has 0 spiro atoms. The summed E-state index contributed by atoms with van der Waals surface area (Å²) in [5, 5.41) is 5.74. The van der Waals surface area contributed by atoms with Gasteiger partial charge in [0.1, 0.15) is 17.2 Å². The van der Waals surface area contributed by atoms with Crippen LogP contribution in [0.25, 0.3) is 23.0 Å². The number of aromatic nitrogens is 2. The van der Waals surface area contributed by atoms with Crippen molar-refractivity contribution >= 4 is 35.1 Å². The SMILES string of the molecule is COc1ccc(C(=O)/C=C/c2cn(-c3ccccc3)nc2-c2ccc(Cl)cc2Cl)c(OC)c1. The maximum absolute atomic E-state index is 13.0. The zero-order chi connectivity index (χ0) is 23.4. The van der Waals surface area contributed by atoms with E-state index in [-0.39, 0.29) is 5.78 Å². The summed E-state index contributed by atoms with van der Waals surface area (Å²) in [6.45, 7) is 0. The lowest BCUT2D eigenvalue weighted by molar-refractivity contribution is 0.104. The molecule has 4 aromatic rings. The topological polar surface area (TPSA) is 53.4 Å². The molecule has 3 aromatic carbocycles. The Bertz CT molecular complexity index is 1330. The minimum Gasteiger partial charge on any atom is -0.497 e. The first-order chi connectivity index (χ1) is 16.0. The second-order valence-corrected chi connectivity index (χ2v) is 7.94. The van der Waals surface area contributed by atoms with Crippen LogP contribution in [-0.4, -0.2) is 29.8 Å². The van der Waals surface area contributed by atoms with Crippen molar-refractivity contribution in [2.24, 2.45) is 0 Å². The van der Waals surface area contributed by atoms with Crippen LogP contribution in [-0.2, 0) is 0 Å². The molecule has 1 aromatic heterocycles. The van der Waals surface area contributed by atoms with Gasteiger partial charge >= 0.3 is 0 Å². The van der Waals surface area contributed by atoms with Crippen LogP contribution in [0.15, 0.2) is 79.0 Å². The van der Waals surface area contributed by atoms with Crippen molar-refractivity contribution in [3.8, 4) is 28.4 Å². The van der Waals surface area contributed by atoms with Crippen LogP contribution in [0, 0.1) is 0 Å². The van der Waals surface area contributed by atoms with Crippen molar-refractivity contribution in [3.63, 3.8) is 0 Å². The molecular weight excluding hydrogens is 459 g/mol. The van der Waals surface area contributed by atoms with Crippen LogP contribution in [0.5, 0.6) is 11.5 Å². The highest BCUT2D eigenvalue weighted by Gasteiger charge is 2.15. The lowest BCUT2D eigenvalue weighted by Gasteiger charge is -2.08. The van der Waals surface area contributed by atoms with Gasteiger partial charge in [0.15, 0.2) is 5.78 Å². The van der Waals surface area contributed by atoms with Crippen LogP contribution in [0.3, 0.4) is 0 Å². The highest BCUT2D eigenvalue weighted by molar-refractivity contribution is 6.36. The van der Waals surface area contributed by atoms with Gasteiger partial charge in [-0.05, 0) is 54.6 Å². The summed E-state index contributed by atoms with van der Waals surface area (Å²) >= 11 is 12.5. The first-order valence-electron chi connectivity index (χ1n) is 10.0. The molecule has 0 radical (unpaired) electrons. The molecule has 166 valence electrons. The van der Waals surface area contributed by atoms with Gasteiger partial charge in [0.05, 0.1) is 30.5 Å². The van der Waals surface area contributed by atoms with Gasteiger partial charge in [-0.2, -0.15) is 5.10 Å². The lowest BCUT2D eigenvalue weighted by atomic mass is 10.1. The van der Waals surface area contributed by atoms with Gasteiger partial charge in [-0.3, -0.25) is 4.79 Å². The molecular formula is C26H20Cl2N2O3. The molecule has 0 saturated heterocycles. The van der Waals surface area contributed by atoms with Crippen LogP contribution in [0.1, 0.15) is 15.9 Å². The molecule has 0 atom stereocenters. The third-order valence-corrected chi connectivity index (χ3v) is 5.59. The molecule has 0 bridgehead atoms. The van der Waals surface area contributed by atoms with Crippen molar-refractivity contribution in [3.05, 3.63) is 100 Å². The molecule has 1 heterocycles. The molecule has 0 amide bonds. The highest BCUT2D eigenvalue weighted by atomic mass is 35.5. The van der Waals surface area contributed by atoms with Gasteiger partial charge in [0.2, 0.25) is 0 Å². The smallest absolute Gasteiger partial charge is 0.189 e. The number of rotatable bonds is 7. The molecule has 0 aliphatic heterocycles. The second-order valence-electron chi connectivity index (χ2n) is 7.10. The van der Waals surface area contributed by atoms with Gasteiger partial charge in [-0.15, -0.1) is 0 Å². The zero-order valence-corrected chi connectivity index (χ0v) is 19.5. The van der Waals surface area contributed by atoms with Crippen molar-refractivity contribution in [1.82, 2.24) is 9.78 Å². The van der Waals surface area contributed by atoms with Gasteiger partial charge < -0.3 is 9.47 Å². The standard InChI is InChI=1S/C26H20Cl2N2O3/c1-32-20-10-12-22(25(15-20)33-2)24(31)13-8-17-16-30(19-6-4-3-5-7-19)29-26(17)21-11-9-18(27)14-23(21)28/h3-16H,1-2H3/b13-8+. The summed E-state index contributed by atoms with van der Waals surface area (Å²) in [7, 11) is 3.07. The minimum absolute atomic E-state index is 0.213. The van der Waals surface area contributed by atoms with E-state index >= 15 is 0 Å². The van der Waals surface area contributed by atoms with E-state index in [9.17, 15) is 4.79 Å². The van der Waals surface area contributed by atoms with E-state index in [1.54, 1.807) is 48.2 Å². The number of carbonyl (C=O) groups is 1. The Morgan fingerprint density at radius 3 is 2.45 bits per heavy atom. The molecule has 0 aliphatic rings. The van der Waals surface area contributed by atoms with E-state index in [1.165, 1.54) is 13.2 Å². The largest absolute Gasteiger partial charge is 0.497 e. The fourth-order valence-corrected chi connectivity index (χ4v) is 3.87. The van der Waals surface area contributed by atoms with Crippen LogP contribution in [0.2, 0.25) is 10.0 Å². The fourth-order valence-electron chi connectivity index (χ4n) is 3.37. The number of halogens is 2. The van der Waals surface area contributed by atoms with Crippen LogP contribution >= 0.6 is 23.2 Å². The van der Waals surface area contributed by atoms with E-state index in [0.717, 1.165) is 11.3 Å². The third kappa shape index (κ3) is 4.95. The number of hydrogen-bond acceptors (Lipinski definition) is 4. The molecule has 4 rings (SSSR count). The average Bonchev–Trinajstić information content (AvgIpc) is 3.26. The summed E-state index contributed by atoms with van der Waals surface area (Å²) in [4.78, 5) is 13.0. The van der Waals surface area contributed by atoms with Crippen LogP contribution in [0.4, 0.5) is 0 Å². The number of para-hydroxylation sites is 1.